The Morgan fingerprint density at radius 3 is 2.93 bits per heavy atom. The van der Waals surface area contributed by atoms with Gasteiger partial charge in [-0.3, -0.25) is 4.79 Å². The fraction of sp³-hybridized carbons (Fsp3) is 0.333. The number of rotatable bonds is 1. The Morgan fingerprint density at radius 2 is 2.21 bits per heavy atom. The highest BCUT2D eigenvalue weighted by atomic mass is 16.1. The highest BCUT2D eigenvalue weighted by molar-refractivity contribution is 5.78. The molecule has 2 aromatic heterocycles. The highest BCUT2D eigenvalue weighted by Crippen LogP contribution is 2.17. The maximum absolute atomic E-state index is 11.3. The first-order valence-corrected chi connectivity index (χ1v) is 4.38. The van der Waals surface area contributed by atoms with Crippen molar-refractivity contribution < 1.29 is 0 Å². The van der Waals surface area contributed by atoms with Crippen LogP contribution in [0.5, 0.6) is 0 Å². The lowest BCUT2D eigenvalue weighted by Crippen LogP contribution is -2.13. The van der Waals surface area contributed by atoms with Crippen LogP contribution >= 0.6 is 0 Å². The van der Waals surface area contributed by atoms with Gasteiger partial charge in [-0.1, -0.05) is 13.8 Å². The normalized spacial score (nSPS) is 11.1. The molecule has 0 radical (unpaired) electrons. The number of fused-ring (bicyclic) bond motifs is 1. The third-order valence-electron chi connectivity index (χ3n) is 2.03. The number of aromatic amines is 1. The maximum atomic E-state index is 11.3. The van der Waals surface area contributed by atoms with E-state index in [1.54, 1.807) is 6.20 Å². The van der Waals surface area contributed by atoms with E-state index in [1.807, 2.05) is 13.8 Å². The van der Waals surface area contributed by atoms with Gasteiger partial charge in [-0.05, 0) is 5.92 Å². The highest BCUT2D eigenvalue weighted by Gasteiger charge is 2.09. The SMILES string of the molecule is CC(C)c1n[nH]c(=O)c2ncncc12. The summed E-state index contributed by atoms with van der Waals surface area (Å²) in [7, 11) is 0. The molecule has 0 amide bonds. The van der Waals surface area contributed by atoms with Crippen molar-refractivity contribution in [3.63, 3.8) is 0 Å². The Bertz CT molecular complexity index is 517. The molecule has 5 heteroatoms. The molecule has 0 aliphatic carbocycles. The molecular formula is C9H10N4O. The van der Waals surface area contributed by atoms with Gasteiger partial charge in [-0.15, -0.1) is 0 Å². The summed E-state index contributed by atoms with van der Waals surface area (Å²) in [6.45, 7) is 4.01. The molecule has 0 aromatic carbocycles. The van der Waals surface area contributed by atoms with Crippen molar-refractivity contribution >= 4 is 10.9 Å². The molecule has 0 saturated heterocycles. The minimum Gasteiger partial charge on any atom is -0.266 e. The second-order valence-electron chi connectivity index (χ2n) is 3.38. The van der Waals surface area contributed by atoms with Crippen molar-refractivity contribution in [3.8, 4) is 0 Å². The van der Waals surface area contributed by atoms with Crippen LogP contribution in [-0.2, 0) is 0 Å². The molecule has 0 bridgehead atoms. The lowest BCUT2D eigenvalue weighted by atomic mass is 10.1. The lowest BCUT2D eigenvalue weighted by Gasteiger charge is -2.05. The molecule has 0 unspecified atom stereocenters. The van der Waals surface area contributed by atoms with Gasteiger partial charge in [0.05, 0.1) is 5.69 Å². The Balaban J connectivity index is 2.89. The van der Waals surface area contributed by atoms with Crippen molar-refractivity contribution in [2.75, 3.05) is 0 Å². The predicted molar refractivity (Wildman–Crippen MR) is 52.0 cm³/mol. The number of hydrogen-bond donors (Lipinski definition) is 1. The standard InChI is InChI=1S/C9H10N4O/c1-5(2)7-6-3-10-4-11-8(6)9(14)13-12-7/h3-5H,1-2H3,(H,13,14). The first kappa shape index (κ1) is 8.80. The predicted octanol–water partition coefficient (Wildman–Crippen LogP) is 0.837. The first-order chi connectivity index (χ1) is 6.70. The van der Waals surface area contributed by atoms with Gasteiger partial charge in [-0.2, -0.15) is 5.10 Å². The van der Waals surface area contributed by atoms with Crippen LogP contribution < -0.4 is 5.56 Å². The van der Waals surface area contributed by atoms with Gasteiger partial charge >= 0.3 is 0 Å². The number of nitrogens with zero attached hydrogens (tertiary/aromatic N) is 3. The van der Waals surface area contributed by atoms with Gasteiger partial charge in [0.25, 0.3) is 5.56 Å². The molecule has 1 N–H and O–H groups in total. The number of aromatic nitrogens is 4. The average Bonchev–Trinajstić information content (AvgIpc) is 2.18. The average molecular weight is 190 g/mol. The van der Waals surface area contributed by atoms with Crippen LogP contribution in [0.25, 0.3) is 10.9 Å². The van der Waals surface area contributed by atoms with E-state index in [-0.39, 0.29) is 11.5 Å². The van der Waals surface area contributed by atoms with Gasteiger partial charge in [-0.25, -0.2) is 15.1 Å². The van der Waals surface area contributed by atoms with E-state index in [4.69, 9.17) is 0 Å². The van der Waals surface area contributed by atoms with Crippen LogP contribution in [0.15, 0.2) is 17.3 Å². The molecule has 5 nitrogen and oxygen atoms in total. The zero-order chi connectivity index (χ0) is 10.1. The van der Waals surface area contributed by atoms with Crippen LogP contribution in [0.2, 0.25) is 0 Å². The topological polar surface area (TPSA) is 71.5 Å². The third kappa shape index (κ3) is 1.26. The van der Waals surface area contributed by atoms with E-state index in [2.05, 4.69) is 20.2 Å². The van der Waals surface area contributed by atoms with Crippen molar-refractivity contribution in [2.24, 2.45) is 0 Å². The minimum atomic E-state index is -0.271. The van der Waals surface area contributed by atoms with Crippen molar-refractivity contribution in [2.45, 2.75) is 19.8 Å². The molecule has 2 heterocycles. The summed E-state index contributed by atoms with van der Waals surface area (Å²) in [4.78, 5) is 19.2. The lowest BCUT2D eigenvalue weighted by molar-refractivity contribution is 0.790. The molecular weight excluding hydrogens is 180 g/mol. The quantitative estimate of drug-likeness (QED) is 0.723. The van der Waals surface area contributed by atoms with E-state index in [9.17, 15) is 4.79 Å². The van der Waals surface area contributed by atoms with E-state index in [1.165, 1.54) is 6.33 Å². The molecule has 0 spiro atoms. The fourth-order valence-corrected chi connectivity index (χ4v) is 1.36. The monoisotopic (exact) mass is 190 g/mol. The van der Waals surface area contributed by atoms with Crippen LogP contribution in [-0.4, -0.2) is 20.2 Å². The summed E-state index contributed by atoms with van der Waals surface area (Å²) in [5.74, 6) is 0.236. The van der Waals surface area contributed by atoms with Crippen molar-refractivity contribution in [3.05, 3.63) is 28.6 Å². The molecule has 0 fully saturated rings. The van der Waals surface area contributed by atoms with Crippen LogP contribution in [0, 0.1) is 0 Å². The van der Waals surface area contributed by atoms with Gasteiger partial charge in [0.2, 0.25) is 0 Å². The zero-order valence-electron chi connectivity index (χ0n) is 7.98. The van der Waals surface area contributed by atoms with E-state index >= 15 is 0 Å². The Kier molecular flexibility index (Phi) is 1.99. The summed E-state index contributed by atoms with van der Waals surface area (Å²) < 4.78 is 0. The summed E-state index contributed by atoms with van der Waals surface area (Å²) in [5.41, 5.74) is 0.950. The van der Waals surface area contributed by atoms with E-state index in [0.717, 1.165) is 11.1 Å². The zero-order valence-corrected chi connectivity index (χ0v) is 7.98. The van der Waals surface area contributed by atoms with Crippen molar-refractivity contribution in [1.29, 1.82) is 0 Å². The molecule has 0 saturated carbocycles. The van der Waals surface area contributed by atoms with Crippen LogP contribution in [0.3, 0.4) is 0 Å². The molecule has 0 aliphatic rings. The summed E-state index contributed by atoms with van der Waals surface area (Å²) in [5, 5.41) is 7.14. The Morgan fingerprint density at radius 1 is 1.43 bits per heavy atom. The number of H-pyrrole nitrogens is 1. The first-order valence-electron chi connectivity index (χ1n) is 4.38. The minimum absolute atomic E-state index is 0.236. The Labute approximate surface area is 80.2 Å². The number of hydrogen-bond acceptors (Lipinski definition) is 4. The van der Waals surface area contributed by atoms with Crippen molar-refractivity contribution in [1.82, 2.24) is 20.2 Å². The smallest absolute Gasteiger partial charge is 0.266 e. The summed E-state index contributed by atoms with van der Waals surface area (Å²) in [6, 6.07) is 0. The second kappa shape index (κ2) is 3.17. The molecule has 14 heavy (non-hydrogen) atoms. The summed E-state index contributed by atoms with van der Waals surface area (Å²) >= 11 is 0. The van der Waals surface area contributed by atoms with E-state index in [0.29, 0.717) is 5.52 Å². The largest absolute Gasteiger partial charge is 0.290 e. The Hall–Kier alpha value is -1.78. The van der Waals surface area contributed by atoms with Gasteiger partial charge in [0.1, 0.15) is 11.8 Å². The fourth-order valence-electron chi connectivity index (χ4n) is 1.36. The molecule has 0 atom stereocenters. The molecule has 2 rings (SSSR count). The van der Waals surface area contributed by atoms with Crippen LogP contribution in [0.4, 0.5) is 0 Å². The van der Waals surface area contributed by atoms with E-state index < -0.39 is 0 Å². The van der Waals surface area contributed by atoms with Gasteiger partial charge < -0.3 is 0 Å². The maximum Gasteiger partial charge on any atom is 0.290 e. The molecule has 2 aromatic rings. The molecule has 72 valence electrons. The molecule has 0 aliphatic heterocycles. The van der Waals surface area contributed by atoms with Gasteiger partial charge in [0, 0.05) is 11.6 Å². The van der Waals surface area contributed by atoms with Gasteiger partial charge in [0.15, 0.2) is 0 Å². The number of nitrogens with one attached hydrogen (secondary N) is 1. The summed E-state index contributed by atoms with van der Waals surface area (Å²) in [6.07, 6.45) is 2.99. The van der Waals surface area contributed by atoms with Crippen LogP contribution in [0.1, 0.15) is 25.5 Å². The third-order valence-corrected chi connectivity index (χ3v) is 2.03. The second-order valence-corrected chi connectivity index (χ2v) is 3.38.